The monoisotopic (exact) mass is 522 g/mol. The molecule has 0 saturated carbocycles. The molecule has 2 N–H and O–H groups in total. The maximum atomic E-state index is 12.3. The summed E-state index contributed by atoms with van der Waals surface area (Å²) in [5, 5.41) is 7.79. The average Bonchev–Trinajstić information content (AvgIpc) is 3.21. The van der Waals surface area contributed by atoms with Gasteiger partial charge in [-0.25, -0.2) is 22.6 Å². The SMILES string of the molecule is CCc1c(-c2ccccc2)c(C)nn1-c1ccc(CCNC(=O)NS(=O)(=O)c2ccc(Cl)cc2)cc1. The van der Waals surface area contributed by atoms with Gasteiger partial charge in [-0.2, -0.15) is 5.10 Å². The molecule has 0 bridgehead atoms. The lowest BCUT2D eigenvalue weighted by Gasteiger charge is -2.10. The van der Waals surface area contributed by atoms with Crippen molar-refractivity contribution in [2.45, 2.75) is 31.6 Å². The summed E-state index contributed by atoms with van der Waals surface area (Å²) in [6.07, 6.45) is 1.38. The standard InChI is InChI=1S/C27H27ClN4O3S/c1-3-25-26(21-7-5-4-6-8-21)19(2)30-32(25)23-13-9-20(10-14-23)17-18-29-27(33)31-36(34,35)24-15-11-22(28)12-16-24/h4-16H,3,17-18H2,1-2H3,(H2,29,31,33). The number of carbonyl (C=O) groups is 1. The van der Waals surface area contributed by atoms with E-state index >= 15 is 0 Å². The molecule has 4 aromatic rings. The van der Waals surface area contributed by atoms with Gasteiger partial charge in [0.1, 0.15) is 0 Å². The van der Waals surface area contributed by atoms with Crippen LogP contribution in [-0.4, -0.2) is 30.8 Å². The third kappa shape index (κ3) is 5.78. The van der Waals surface area contributed by atoms with E-state index in [0.29, 0.717) is 11.4 Å². The lowest BCUT2D eigenvalue weighted by atomic mass is 10.0. The van der Waals surface area contributed by atoms with Gasteiger partial charge in [0, 0.05) is 17.1 Å². The lowest BCUT2D eigenvalue weighted by molar-refractivity contribution is 0.246. The molecule has 3 aromatic carbocycles. The van der Waals surface area contributed by atoms with E-state index in [9.17, 15) is 13.2 Å². The third-order valence-electron chi connectivity index (χ3n) is 5.78. The van der Waals surface area contributed by atoms with Crippen LogP contribution >= 0.6 is 11.6 Å². The number of hydrogen-bond acceptors (Lipinski definition) is 4. The maximum Gasteiger partial charge on any atom is 0.328 e. The largest absolute Gasteiger partial charge is 0.337 e. The molecule has 0 fully saturated rings. The predicted molar refractivity (Wildman–Crippen MR) is 142 cm³/mol. The fourth-order valence-corrected chi connectivity index (χ4v) is 5.10. The molecule has 0 aliphatic carbocycles. The quantitative estimate of drug-likeness (QED) is 0.328. The van der Waals surface area contributed by atoms with Crippen LogP contribution in [0.5, 0.6) is 0 Å². The minimum absolute atomic E-state index is 0.0339. The summed E-state index contributed by atoms with van der Waals surface area (Å²) < 4.78 is 28.6. The van der Waals surface area contributed by atoms with Crippen molar-refractivity contribution in [3.63, 3.8) is 0 Å². The Bertz CT molecular complexity index is 1450. The first-order valence-corrected chi connectivity index (χ1v) is 13.4. The van der Waals surface area contributed by atoms with Gasteiger partial charge in [0.25, 0.3) is 10.0 Å². The molecule has 0 aliphatic rings. The van der Waals surface area contributed by atoms with Gasteiger partial charge < -0.3 is 5.32 Å². The molecule has 7 nitrogen and oxygen atoms in total. The highest BCUT2D eigenvalue weighted by molar-refractivity contribution is 7.90. The number of urea groups is 1. The number of carbonyl (C=O) groups excluding carboxylic acids is 1. The molecule has 186 valence electrons. The third-order valence-corrected chi connectivity index (χ3v) is 7.38. The average molecular weight is 523 g/mol. The van der Waals surface area contributed by atoms with Gasteiger partial charge in [0.05, 0.1) is 22.0 Å². The Morgan fingerprint density at radius 2 is 1.64 bits per heavy atom. The van der Waals surface area contributed by atoms with Crippen molar-refractivity contribution < 1.29 is 13.2 Å². The van der Waals surface area contributed by atoms with Crippen molar-refractivity contribution in [2.24, 2.45) is 0 Å². The zero-order valence-electron chi connectivity index (χ0n) is 20.0. The number of sulfonamides is 1. The van der Waals surface area contributed by atoms with Crippen LogP contribution in [0.2, 0.25) is 5.02 Å². The Balaban J connectivity index is 1.38. The molecule has 0 unspecified atom stereocenters. The normalized spacial score (nSPS) is 11.3. The number of halogens is 1. The van der Waals surface area contributed by atoms with Gasteiger partial charge >= 0.3 is 6.03 Å². The summed E-state index contributed by atoms with van der Waals surface area (Å²) >= 11 is 5.79. The fourth-order valence-electron chi connectivity index (χ4n) is 4.05. The zero-order chi connectivity index (χ0) is 25.7. The van der Waals surface area contributed by atoms with Crippen LogP contribution in [0.4, 0.5) is 4.79 Å². The van der Waals surface area contributed by atoms with Crippen LogP contribution in [0.25, 0.3) is 16.8 Å². The molecule has 36 heavy (non-hydrogen) atoms. The van der Waals surface area contributed by atoms with Crippen LogP contribution in [0.3, 0.4) is 0 Å². The number of hydrogen-bond donors (Lipinski definition) is 2. The van der Waals surface area contributed by atoms with Crippen LogP contribution in [0, 0.1) is 6.92 Å². The van der Waals surface area contributed by atoms with Crippen molar-refractivity contribution in [3.8, 4) is 16.8 Å². The summed E-state index contributed by atoms with van der Waals surface area (Å²) in [5.74, 6) is 0. The second-order valence-electron chi connectivity index (χ2n) is 8.27. The van der Waals surface area contributed by atoms with Crippen molar-refractivity contribution in [2.75, 3.05) is 6.54 Å². The number of rotatable bonds is 8. The number of benzene rings is 3. The van der Waals surface area contributed by atoms with E-state index in [4.69, 9.17) is 16.7 Å². The molecule has 4 rings (SSSR count). The molecule has 9 heteroatoms. The van der Waals surface area contributed by atoms with Crippen LogP contribution < -0.4 is 10.0 Å². The molecule has 0 spiro atoms. The van der Waals surface area contributed by atoms with E-state index < -0.39 is 16.1 Å². The highest BCUT2D eigenvalue weighted by Crippen LogP contribution is 2.29. The summed E-state index contributed by atoms with van der Waals surface area (Å²) in [7, 11) is -3.97. The van der Waals surface area contributed by atoms with E-state index in [1.165, 1.54) is 24.3 Å². The van der Waals surface area contributed by atoms with E-state index in [-0.39, 0.29) is 11.4 Å². The smallest absolute Gasteiger partial charge is 0.328 e. The van der Waals surface area contributed by atoms with E-state index in [1.54, 1.807) is 0 Å². The Labute approximate surface area is 216 Å². The van der Waals surface area contributed by atoms with E-state index in [0.717, 1.165) is 40.2 Å². The molecule has 0 atom stereocenters. The first kappa shape index (κ1) is 25.5. The molecular formula is C27H27ClN4O3S. The van der Waals surface area contributed by atoms with Gasteiger partial charge in [-0.3, -0.25) is 0 Å². The molecule has 1 aromatic heterocycles. The minimum atomic E-state index is -3.97. The highest BCUT2D eigenvalue weighted by atomic mass is 35.5. The fraction of sp³-hybridized carbons (Fsp3) is 0.185. The second-order valence-corrected chi connectivity index (χ2v) is 10.4. The summed E-state index contributed by atoms with van der Waals surface area (Å²) in [5.41, 5.74) is 6.39. The van der Waals surface area contributed by atoms with Gasteiger partial charge in [-0.05, 0) is 67.3 Å². The molecular weight excluding hydrogens is 496 g/mol. The molecule has 0 saturated heterocycles. The molecule has 0 radical (unpaired) electrons. The number of aryl methyl sites for hydroxylation is 1. The lowest BCUT2D eigenvalue weighted by Crippen LogP contribution is -2.40. The Morgan fingerprint density at radius 1 is 0.972 bits per heavy atom. The Hall–Kier alpha value is -3.62. The number of amides is 2. The topological polar surface area (TPSA) is 93.1 Å². The molecule has 0 aliphatic heterocycles. The summed E-state index contributed by atoms with van der Waals surface area (Å²) in [6.45, 7) is 4.42. The first-order valence-electron chi connectivity index (χ1n) is 11.6. The van der Waals surface area contributed by atoms with Crippen LogP contribution in [0.15, 0.2) is 83.8 Å². The summed E-state index contributed by atoms with van der Waals surface area (Å²) in [4.78, 5) is 12.1. The number of nitrogens with zero attached hydrogens (tertiary/aromatic N) is 2. The second kappa shape index (κ2) is 11.0. The van der Waals surface area contributed by atoms with Gasteiger partial charge in [0.15, 0.2) is 0 Å². The van der Waals surface area contributed by atoms with E-state index in [1.807, 2.05) is 58.8 Å². The van der Waals surface area contributed by atoms with E-state index in [2.05, 4.69) is 24.4 Å². The highest BCUT2D eigenvalue weighted by Gasteiger charge is 2.18. The zero-order valence-corrected chi connectivity index (χ0v) is 21.6. The Morgan fingerprint density at radius 3 is 2.28 bits per heavy atom. The van der Waals surface area contributed by atoms with Crippen molar-refractivity contribution in [1.82, 2.24) is 19.8 Å². The minimum Gasteiger partial charge on any atom is -0.337 e. The number of aromatic nitrogens is 2. The van der Waals surface area contributed by atoms with Crippen LogP contribution in [-0.2, 0) is 22.9 Å². The maximum absolute atomic E-state index is 12.3. The van der Waals surface area contributed by atoms with Gasteiger partial charge in [-0.1, -0.05) is 61.0 Å². The van der Waals surface area contributed by atoms with Crippen molar-refractivity contribution in [1.29, 1.82) is 0 Å². The molecule has 2 amide bonds. The van der Waals surface area contributed by atoms with Crippen LogP contribution in [0.1, 0.15) is 23.9 Å². The predicted octanol–water partition coefficient (Wildman–Crippen LogP) is 5.29. The number of nitrogens with one attached hydrogen (secondary N) is 2. The van der Waals surface area contributed by atoms with Crippen molar-refractivity contribution in [3.05, 3.63) is 101 Å². The van der Waals surface area contributed by atoms with Crippen molar-refractivity contribution >= 4 is 27.7 Å². The van der Waals surface area contributed by atoms with Gasteiger partial charge in [0.2, 0.25) is 0 Å². The Kier molecular flexibility index (Phi) is 7.76. The molecule has 1 heterocycles. The summed E-state index contributed by atoms with van der Waals surface area (Å²) in [6, 6.07) is 23.0. The first-order chi connectivity index (χ1) is 17.3. The van der Waals surface area contributed by atoms with Gasteiger partial charge in [-0.15, -0.1) is 0 Å².